The molecule has 0 aliphatic heterocycles. The van der Waals surface area contributed by atoms with E-state index >= 15 is 0 Å². The van der Waals surface area contributed by atoms with E-state index in [0.717, 1.165) is 12.8 Å². The Morgan fingerprint density at radius 2 is 1.09 bits per heavy atom. The fourth-order valence-corrected chi connectivity index (χ4v) is 1.68. The molecule has 0 bridgehead atoms. The molecule has 0 unspecified atom stereocenters. The number of hydrogen-bond acceptors (Lipinski definition) is 4. The highest BCUT2D eigenvalue weighted by Crippen LogP contribution is 2.09. The number of carbonyl (C=O) groups excluding carboxylic acids is 2. The molecular weight excluding hydrogens is 280 g/mol. The molecule has 0 amide bonds. The van der Waals surface area contributed by atoms with E-state index in [1.165, 1.54) is 0 Å². The summed E-state index contributed by atoms with van der Waals surface area (Å²) in [5.41, 5.74) is 0.893. The van der Waals surface area contributed by atoms with Crippen molar-refractivity contribution in [3.8, 4) is 0 Å². The summed E-state index contributed by atoms with van der Waals surface area (Å²) < 4.78 is 10.4. The Morgan fingerprint density at radius 1 is 0.773 bits per heavy atom. The summed E-state index contributed by atoms with van der Waals surface area (Å²) in [5.74, 6) is 0.271. The first-order valence-corrected chi connectivity index (χ1v) is 7.84. The van der Waals surface area contributed by atoms with Crippen molar-refractivity contribution in [2.75, 3.05) is 13.2 Å². The smallest absolute Gasteiger partial charge is 0.338 e. The molecule has 0 atom stereocenters. The van der Waals surface area contributed by atoms with Crippen LogP contribution in [0.15, 0.2) is 24.3 Å². The Labute approximate surface area is 132 Å². The molecule has 0 saturated carbocycles. The van der Waals surface area contributed by atoms with Crippen LogP contribution < -0.4 is 0 Å². The lowest BCUT2D eigenvalue weighted by Gasteiger charge is -2.08. The SMILES string of the molecule is CC(C)CCOC(=O)c1ccc(C(=O)OCCC(C)C)cc1. The molecule has 22 heavy (non-hydrogen) atoms. The fourth-order valence-electron chi connectivity index (χ4n) is 1.68. The van der Waals surface area contributed by atoms with Gasteiger partial charge in [-0.15, -0.1) is 0 Å². The quantitative estimate of drug-likeness (QED) is 0.679. The van der Waals surface area contributed by atoms with Gasteiger partial charge in [-0.2, -0.15) is 0 Å². The first-order valence-electron chi connectivity index (χ1n) is 7.84. The molecule has 0 saturated heterocycles. The first kappa shape index (κ1) is 18.2. The molecule has 4 heteroatoms. The molecule has 0 fully saturated rings. The van der Waals surface area contributed by atoms with Crippen LogP contribution in [0.25, 0.3) is 0 Å². The second-order valence-corrected chi connectivity index (χ2v) is 6.21. The van der Waals surface area contributed by atoms with Crippen LogP contribution >= 0.6 is 0 Å². The van der Waals surface area contributed by atoms with Crippen molar-refractivity contribution < 1.29 is 19.1 Å². The fraction of sp³-hybridized carbons (Fsp3) is 0.556. The second kappa shape index (κ2) is 9.23. The number of carbonyl (C=O) groups is 2. The minimum absolute atomic E-state index is 0.361. The normalized spacial score (nSPS) is 10.8. The van der Waals surface area contributed by atoms with Gasteiger partial charge in [0.15, 0.2) is 0 Å². The lowest BCUT2D eigenvalue weighted by Crippen LogP contribution is -2.10. The summed E-state index contributed by atoms with van der Waals surface area (Å²) in [6.45, 7) is 9.13. The summed E-state index contributed by atoms with van der Waals surface area (Å²) in [4.78, 5) is 23.6. The molecule has 0 spiro atoms. The third-order valence-corrected chi connectivity index (χ3v) is 3.21. The molecule has 0 heterocycles. The predicted octanol–water partition coefficient (Wildman–Crippen LogP) is 4.09. The zero-order valence-corrected chi connectivity index (χ0v) is 13.9. The topological polar surface area (TPSA) is 52.6 Å². The minimum Gasteiger partial charge on any atom is -0.462 e. The van der Waals surface area contributed by atoms with Gasteiger partial charge in [0.1, 0.15) is 0 Å². The zero-order chi connectivity index (χ0) is 16.5. The van der Waals surface area contributed by atoms with E-state index in [4.69, 9.17) is 9.47 Å². The number of ether oxygens (including phenoxy) is 2. The average molecular weight is 306 g/mol. The van der Waals surface area contributed by atoms with Crippen LogP contribution in [0.4, 0.5) is 0 Å². The van der Waals surface area contributed by atoms with Crippen molar-refractivity contribution in [2.24, 2.45) is 11.8 Å². The maximum absolute atomic E-state index is 11.8. The van der Waals surface area contributed by atoms with Gasteiger partial charge in [0.2, 0.25) is 0 Å². The van der Waals surface area contributed by atoms with Gasteiger partial charge < -0.3 is 9.47 Å². The molecule has 122 valence electrons. The summed E-state index contributed by atoms with van der Waals surface area (Å²) in [7, 11) is 0. The van der Waals surface area contributed by atoms with Gasteiger partial charge in [-0.05, 0) is 48.9 Å². The van der Waals surface area contributed by atoms with Crippen LogP contribution in [0.5, 0.6) is 0 Å². The van der Waals surface area contributed by atoms with E-state index in [2.05, 4.69) is 27.7 Å². The maximum atomic E-state index is 11.8. The predicted molar refractivity (Wildman–Crippen MR) is 85.9 cm³/mol. The zero-order valence-electron chi connectivity index (χ0n) is 13.9. The maximum Gasteiger partial charge on any atom is 0.338 e. The van der Waals surface area contributed by atoms with Crippen LogP contribution in [-0.4, -0.2) is 25.2 Å². The van der Waals surface area contributed by atoms with Gasteiger partial charge in [0.25, 0.3) is 0 Å². The number of rotatable bonds is 8. The second-order valence-electron chi connectivity index (χ2n) is 6.21. The third kappa shape index (κ3) is 6.74. The van der Waals surface area contributed by atoms with Crippen LogP contribution in [-0.2, 0) is 9.47 Å². The lowest BCUT2D eigenvalue weighted by molar-refractivity contribution is 0.0473. The Hall–Kier alpha value is -1.84. The van der Waals surface area contributed by atoms with Crippen molar-refractivity contribution in [1.29, 1.82) is 0 Å². The van der Waals surface area contributed by atoms with E-state index in [1.807, 2.05) is 0 Å². The van der Waals surface area contributed by atoms with Crippen LogP contribution in [0.3, 0.4) is 0 Å². The molecule has 1 aromatic rings. The molecule has 4 nitrogen and oxygen atoms in total. The molecule has 0 aliphatic rings. The largest absolute Gasteiger partial charge is 0.462 e. The number of esters is 2. The summed E-state index contributed by atoms with van der Waals surface area (Å²) >= 11 is 0. The Kier molecular flexibility index (Phi) is 7.64. The van der Waals surface area contributed by atoms with Crippen molar-refractivity contribution >= 4 is 11.9 Å². The van der Waals surface area contributed by atoms with Crippen LogP contribution in [0.1, 0.15) is 61.3 Å². The third-order valence-electron chi connectivity index (χ3n) is 3.21. The molecule has 1 rings (SSSR count). The van der Waals surface area contributed by atoms with Gasteiger partial charge in [0, 0.05) is 0 Å². The molecule has 1 aromatic carbocycles. The van der Waals surface area contributed by atoms with Gasteiger partial charge in [-0.1, -0.05) is 27.7 Å². The highest BCUT2D eigenvalue weighted by molar-refractivity contribution is 5.93. The Morgan fingerprint density at radius 3 is 1.36 bits per heavy atom. The van der Waals surface area contributed by atoms with Crippen molar-refractivity contribution in [3.63, 3.8) is 0 Å². The summed E-state index contributed by atoms with van der Waals surface area (Å²) in [6, 6.07) is 6.38. The summed E-state index contributed by atoms with van der Waals surface area (Å²) in [5, 5.41) is 0. The number of hydrogen-bond donors (Lipinski definition) is 0. The highest BCUT2D eigenvalue weighted by Gasteiger charge is 2.11. The van der Waals surface area contributed by atoms with Crippen LogP contribution in [0.2, 0.25) is 0 Å². The number of benzene rings is 1. The van der Waals surface area contributed by atoms with E-state index in [0.29, 0.717) is 36.2 Å². The minimum atomic E-state index is -0.361. The molecule has 0 aliphatic carbocycles. The van der Waals surface area contributed by atoms with Gasteiger partial charge in [-0.25, -0.2) is 9.59 Å². The van der Waals surface area contributed by atoms with E-state index in [9.17, 15) is 9.59 Å². The monoisotopic (exact) mass is 306 g/mol. The van der Waals surface area contributed by atoms with Gasteiger partial charge in [-0.3, -0.25) is 0 Å². The van der Waals surface area contributed by atoms with E-state index in [1.54, 1.807) is 24.3 Å². The Bertz CT molecular complexity index is 429. The molecular formula is C18H26O4. The molecule has 0 aromatic heterocycles. The van der Waals surface area contributed by atoms with E-state index in [-0.39, 0.29) is 11.9 Å². The standard InChI is InChI=1S/C18H26O4/c1-13(2)9-11-21-17(19)15-5-7-16(8-6-15)18(20)22-12-10-14(3)4/h5-8,13-14H,9-12H2,1-4H3. The average Bonchev–Trinajstić information content (AvgIpc) is 2.46. The molecule has 0 radical (unpaired) electrons. The summed E-state index contributed by atoms with van der Waals surface area (Å²) in [6.07, 6.45) is 1.68. The van der Waals surface area contributed by atoms with Gasteiger partial charge in [0.05, 0.1) is 24.3 Å². The van der Waals surface area contributed by atoms with Crippen molar-refractivity contribution in [2.45, 2.75) is 40.5 Å². The van der Waals surface area contributed by atoms with Crippen molar-refractivity contribution in [3.05, 3.63) is 35.4 Å². The van der Waals surface area contributed by atoms with Crippen LogP contribution in [0, 0.1) is 11.8 Å². The highest BCUT2D eigenvalue weighted by atomic mass is 16.5. The van der Waals surface area contributed by atoms with Gasteiger partial charge >= 0.3 is 11.9 Å². The first-order chi connectivity index (χ1) is 10.4. The molecule has 0 N–H and O–H groups in total. The Balaban J connectivity index is 2.48. The van der Waals surface area contributed by atoms with E-state index < -0.39 is 0 Å². The van der Waals surface area contributed by atoms with Crippen molar-refractivity contribution in [1.82, 2.24) is 0 Å². The lowest BCUT2D eigenvalue weighted by atomic mass is 10.1.